The van der Waals surface area contributed by atoms with Gasteiger partial charge in [-0.3, -0.25) is 4.79 Å². The van der Waals surface area contributed by atoms with Gasteiger partial charge in [-0.1, -0.05) is 12.8 Å². The lowest BCUT2D eigenvalue weighted by Crippen LogP contribution is -2.51. The second-order valence-electron chi connectivity index (χ2n) is 6.09. The number of Topliss-reactive ketones (excluding diaryl/α,β-unsaturated/α-hetero) is 1. The Morgan fingerprint density at radius 2 is 1.79 bits per heavy atom. The Balaban J connectivity index is 2.23. The van der Waals surface area contributed by atoms with Gasteiger partial charge in [0.05, 0.1) is 5.25 Å². The fourth-order valence-electron chi connectivity index (χ4n) is 3.34. The first-order valence-corrected chi connectivity index (χ1v) is 8.98. The number of ketones is 1. The van der Waals surface area contributed by atoms with Crippen LogP contribution in [-0.2, 0) is 14.8 Å². The highest BCUT2D eigenvalue weighted by Gasteiger charge is 2.41. The van der Waals surface area contributed by atoms with Crippen molar-refractivity contribution < 1.29 is 13.2 Å². The molecule has 0 bridgehead atoms. The standard InChI is InChI=1S/C14H25NO3S/c1-11(2)19(17,18)15-10-6-5-8-13(15)12-7-3-4-9-14(12)16/h11-13H,3-10H2,1-2H3. The summed E-state index contributed by atoms with van der Waals surface area (Å²) in [6.45, 7) is 4.04. The molecule has 2 unspecified atom stereocenters. The third kappa shape index (κ3) is 3.02. The molecule has 1 saturated heterocycles. The number of piperidine rings is 1. The quantitative estimate of drug-likeness (QED) is 0.800. The first-order chi connectivity index (χ1) is 8.94. The van der Waals surface area contributed by atoms with Gasteiger partial charge in [0, 0.05) is 24.9 Å². The van der Waals surface area contributed by atoms with E-state index in [-0.39, 0.29) is 17.7 Å². The summed E-state index contributed by atoms with van der Waals surface area (Å²) >= 11 is 0. The van der Waals surface area contributed by atoms with Crippen molar-refractivity contribution in [2.45, 2.75) is 70.1 Å². The minimum Gasteiger partial charge on any atom is -0.299 e. The highest BCUT2D eigenvalue weighted by atomic mass is 32.2. The van der Waals surface area contributed by atoms with Crippen LogP contribution in [0, 0.1) is 5.92 Å². The Kier molecular flexibility index (Phi) is 4.66. The molecular weight excluding hydrogens is 262 g/mol. The average Bonchev–Trinajstić information content (AvgIpc) is 2.39. The van der Waals surface area contributed by atoms with Crippen LogP contribution >= 0.6 is 0 Å². The van der Waals surface area contributed by atoms with Crippen molar-refractivity contribution in [1.82, 2.24) is 4.31 Å². The highest BCUT2D eigenvalue weighted by Crippen LogP contribution is 2.34. The maximum Gasteiger partial charge on any atom is 0.216 e. The number of rotatable bonds is 3. The topological polar surface area (TPSA) is 54.5 Å². The lowest BCUT2D eigenvalue weighted by atomic mass is 9.80. The highest BCUT2D eigenvalue weighted by molar-refractivity contribution is 7.89. The van der Waals surface area contributed by atoms with Gasteiger partial charge in [0.1, 0.15) is 5.78 Å². The van der Waals surface area contributed by atoms with Gasteiger partial charge in [-0.15, -0.1) is 0 Å². The van der Waals surface area contributed by atoms with E-state index in [9.17, 15) is 13.2 Å². The SMILES string of the molecule is CC(C)S(=O)(=O)N1CCCCC1C1CCCCC1=O. The molecule has 0 aromatic carbocycles. The summed E-state index contributed by atoms with van der Waals surface area (Å²) in [6, 6.07) is -0.0750. The number of hydrogen-bond acceptors (Lipinski definition) is 3. The molecule has 2 rings (SSSR count). The molecule has 0 aromatic rings. The molecule has 2 aliphatic rings. The second-order valence-corrected chi connectivity index (χ2v) is 8.53. The molecule has 4 nitrogen and oxygen atoms in total. The van der Waals surface area contributed by atoms with Crippen LogP contribution in [0.15, 0.2) is 0 Å². The van der Waals surface area contributed by atoms with E-state index in [4.69, 9.17) is 0 Å². The first kappa shape index (κ1) is 15.0. The molecule has 5 heteroatoms. The Hall–Kier alpha value is -0.420. The van der Waals surface area contributed by atoms with Crippen LogP contribution in [0.2, 0.25) is 0 Å². The molecule has 1 saturated carbocycles. The predicted molar refractivity (Wildman–Crippen MR) is 75.4 cm³/mol. The zero-order valence-corrected chi connectivity index (χ0v) is 12.8. The van der Waals surface area contributed by atoms with Crippen molar-refractivity contribution in [2.24, 2.45) is 5.92 Å². The van der Waals surface area contributed by atoms with Gasteiger partial charge in [-0.25, -0.2) is 8.42 Å². The van der Waals surface area contributed by atoms with Crippen molar-refractivity contribution in [2.75, 3.05) is 6.54 Å². The summed E-state index contributed by atoms with van der Waals surface area (Å²) in [4.78, 5) is 12.1. The Bertz CT molecular complexity index is 430. The molecule has 0 spiro atoms. The van der Waals surface area contributed by atoms with E-state index in [1.54, 1.807) is 18.2 Å². The van der Waals surface area contributed by atoms with Crippen LogP contribution in [0.5, 0.6) is 0 Å². The summed E-state index contributed by atoms with van der Waals surface area (Å²) < 4.78 is 26.6. The van der Waals surface area contributed by atoms with Crippen molar-refractivity contribution in [3.63, 3.8) is 0 Å². The van der Waals surface area contributed by atoms with E-state index >= 15 is 0 Å². The minimum atomic E-state index is -3.24. The summed E-state index contributed by atoms with van der Waals surface area (Å²) in [6.07, 6.45) is 6.34. The van der Waals surface area contributed by atoms with Crippen molar-refractivity contribution in [3.8, 4) is 0 Å². The van der Waals surface area contributed by atoms with E-state index in [0.717, 1.165) is 38.5 Å². The van der Waals surface area contributed by atoms with Crippen LogP contribution in [0.4, 0.5) is 0 Å². The van der Waals surface area contributed by atoms with Gasteiger partial charge >= 0.3 is 0 Å². The molecule has 0 N–H and O–H groups in total. The molecular formula is C14H25NO3S. The predicted octanol–water partition coefficient (Wildman–Crippen LogP) is 2.34. The maximum absolute atomic E-state index is 12.5. The molecule has 19 heavy (non-hydrogen) atoms. The normalized spacial score (nSPS) is 30.8. The number of nitrogens with zero attached hydrogens (tertiary/aromatic N) is 1. The Labute approximate surface area is 116 Å². The molecule has 110 valence electrons. The van der Waals surface area contributed by atoms with Gasteiger partial charge in [-0.2, -0.15) is 4.31 Å². The molecule has 1 aliphatic carbocycles. The van der Waals surface area contributed by atoms with Crippen LogP contribution in [-0.4, -0.2) is 36.3 Å². The van der Waals surface area contributed by atoms with E-state index in [1.165, 1.54) is 0 Å². The molecule has 0 aromatic heterocycles. The molecule has 1 heterocycles. The smallest absolute Gasteiger partial charge is 0.216 e. The minimum absolute atomic E-state index is 0.0532. The first-order valence-electron chi connectivity index (χ1n) is 7.48. The zero-order valence-electron chi connectivity index (χ0n) is 12.0. The van der Waals surface area contributed by atoms with Gasteiger partial charge < -0.3 is 0 Å². The number of sulfonamides is 1. The molecule has 0 amide bonds. The van der Waals surface area contributed by atoms with Crippen LogP contribution in [0.25, 0.3) is 0 Å². The third-order valence-corrected chi connectivity index (χ3v) is 6.79. The zero-order chi connectivity index (χ0) is 14.0. The van der Waals surface area contributed by atoms with Crippen LogP contribution in [0.1, 0.15) is 58.8 Å². The van der Waals surface area contributed by atoms with Gasteiger partial charge in [0.25, 0.3) is 0 Å². The summed E-state index contributed by atoms with van der Waals surface area (Å²) in [7, 11) is -3.24. The fourth-order valence-corrected chi connectivity index (χ4v) is 4.89. The Morgan fingerprint density at radius 1 is 1.11 bits per heavy atom. The second kappa shape index (κ2) is 5.92. The van der Waals surface area contributed by atoms with E-state index in [2.05, 4.69) is 0 Å². The molecule has 1 aliphatic heterocycles. The molecule has 0 radical (unpaired) electrons. The summed E-state index contributed by atoms with van der Waals surface area (Å²) in [5.74, 6) is 0.227. The summed E-state index contributed by atoms with van der Waals surface area (Å²) in [5, 5.41) is -0.396. The maximum atomic E-state index is 12.5. The largest absolute Gasteiger partial charge is 0.299 e. The van der Waals surface area contributed by atoms with Crippen molar-refractivity contribution >= 4 is 15.8 Å². The fraction of sp³-hybridized carbons (Fsp3) is 0.929. The molecule has 2 fully saturated rings. The number of carbonyl (C=O) groups excluding carboxylic acids is 1. The lowest BCUT2D eigenvalue weighted by Gasteiger charge is -2.40. The van der Waals surface area contributed by atoms with Crippen LogP contribution in [0.3, 0.4) is 0 Å². The average molecular weight is 287 g/mol. The number of hydrogen-bond donors (Lipinski definition) is 0. The van der Waals surface area contributed by atoms with Gasteiger partial charge in [0.2, 0.25) is 10.0 Å². The Morgan fingerprint density at radius 3 is 2.42 bits per heavy atom. The van der Waals surface area contributed by atoms with Gasteiger partial charge in [0.15, 0.2) is 0 Å². The molecule has 2 atom stereocenters. The van der Waals surface area contributed by atoms with E-state index < -0.39 is 15.3 Å². The summed E-state index contributed by atoms with van der Waals surface area (Å²) in [5.41, 5.74) is 0. The van der Waals surface area contributed by atoms with Crippen LogP contribution < -0.4 is 0 Å². The monoisotopic (exact) mass is 287 g/mol. The third-order valence-electron chi connectivity index (χ3n) is 4.49. The van der Waals surface area contributed by atoms with E-state index in [1.807, 2.05) is 0 Å². The van der Waals surface area contributed by atoms with Gasteiger partial charge in [-0.05, 0) is 39.5 Å². The van der Waals surface area contributed by atoms with Crippen molar-refractivity contribution in [3.05, 3.63) is 0 Å². The van der Waals surface area contributed by atoms with Crippen molar-refractivity contribution in [1.29, 1.82) is 0 Å². The van der Waals surface area contributed by atoms with E-state index in [0.29, 0.717) is 13.0 Å². The number of carbonyl (C=O) groups is 1. The lowest BCUT2D eigenvalue weighted by molar-refractivity contribution is -0.126.